The molecule has 2 aromatic carbocycles. The molecule has 1 saturated heterocycles. The third kappa shape index (κ3) is 9.34. The summed E-state index contributed by atoms with van der Waals surface area (Å²) in [4.78, 5) is 48.1. The third-order valence-electron chi connectivity index (χ3n) is 7.75. The maximum absolute atomic E-state index is 13.6. The monoisotopic (exact) mass is 592 g/mol. The highest BCUT2D eigenvalue weighted by atomic mass is 32.1. The van der Waals surface area contributed by atoms with Gasteiger partial charge in [-0.05, 0) is 43.1 Å². The average molecular weight is 593 g/mol. The first-order valence-corrected chi connectivity index (χ1v) is 15.7. The largest absolute Gasteiger partial charge is 0.354 e. The number of hydrogen-bond acceptors (Lipinski definition) is 7. The number of carbonyl (C=O) groups excluding carboxylic acids is 3. The Bertz CT molecular complexity index is 1340. The summed E-state index contributed by atoms with van der Waals surface area (Å²) < 4.78 is 1.07. The number of thiazole rings is 1. The predicted molar refractivity (Wildman–Crippen MR) is 168 cm³/mol. The van der Waals surface area contributed by atoms with Gasteiger partial charge in [-0.15, -0.1) is 11.3 Å². The molecule has 3 atom stereocenters. The summed E-state index contributed by atoms with van der Waals surface area (Å²) in [6.07, 6.45) is 1.78. The van der Waals surface area contributed by atoms with Gasteiger partial charge in [-0.1, -0.05) is 50.2 Å². The van der Waals surface area contributed by atoms with Crippen LogP contribution in [0.1, 0.15) is 36.9 Å². The molecule has 0 aliphatic carbocycles. The molecule has 1 aliphatic heterocycles. The summed E-state index contributed by atoms with van der Waals surface area (Å²) in [5.74, 6) is -0.768. The lowest BCUT2D eigenvalue weighted by Gasteiger charge is -2.33. The molecule has 42 heavy (non-hydrogen) atoms. The topological polar surface area (TPSA) is 107 Å². The zero-order chi connectivity index (χ0) is 30.1. The summed E-state index contributed by atoms with van der Waals surface area (Å²) in [5, 5.41) is 9.80. The molecule has 0 radical (unpaired) electrons. The van der Waals surface area contributed by atoms with E-state index in [1.807, 2.05) is 43.3 Å². The van der Waals surface area contributed by atoms with E-state index in [-0.39, 0.29) is 29.7 Å². The fourth-order valence-electron chi connectivity index (χ4n) is 5.23. The Morgan fingerprint density at radius 2 is 1.69 bits per heavy atom. The molecule has 2 heterocycles. The molecule has 0 bridgehead atoms. The highest BCUT2D eigenvalue weighted by Crippen LogP contribution is 2.24. The van der Waals surface area contributed by atoms with E-state index in [9.17, 15) is 14.4 Å². The second-order valence-electron chi connectivity index (χ2n) is 11.4. The maximum atomic E-state index is 13.6. The van der Waals surface area contributed by atoms with Crippen LogP contribution in [-0.4, -0.2) is 90.9 Å². The second kappa shape index (κ2) is 15.2. The number of nitrogens with zero attached hydrogens (tertiary/aromatic N) is 3. The highest BCUT2D eigenvalue weighted by Gasteiger charge is 2.26. The van der Waals surface area contributed by atoms with Crippen LogP contribution in [0.25, 0.3) is 10.2 Å². The van der Waals surface area contributed by atoms with Crippen LogP contribution in [0.3, 0.4) is 0 Å². The maximum Gasteiger partial charge on any atom is 0.243 e. The summed E-state index contributed by atoms with van der Waals surface area (Å²) in [5.41, 5.74) is 3.18. The zero-order valence-corrected chi connectivity index (χ0v) is 26.0. The standard InChI is InChI=1S/C32H44N6O3S/c1-5-24-11-12-27-29(18-24)42-30(36-27)19-28(34-23(3)39)32(41)35-26(17-25-9-7-6-8-10-25)20-33-31(40)22(2)21-38-15-13-37(4)14-16-38/h6-12,18,22,26,28H,5,13-17,19-21H2,1-4H3,(H,33,40)(H,34,39)(H,35,41)/t22?,26?,28-/m0/s1. The molecule has 9 nitrogen and oxygen atoms in total. The van der Waals surface area contributed by atoms with Crippen molar-refractivity contribution in [3.8, 4) is 0 Å². The summed E-state index contributed by atoms with van der Waals surface area (Å²) in [7, 11) is 2.12. The van der Waals surface area contributed by atoms with Crippen LogP contribution in [0.5, 0.6) is 0 Å². The fourth-order valence-corrected chi connectivity index (χ4v) is 6.30. The van der Waals surface area contributed by atoms with Crippen LogP contribution < -0.4 is 16.0 Å². The van der Waals surface area contributed by atoms with E-state index in [0.717, 1.165) is 53.4 Å². The highest BCUT2D eigenvalue weighted by molar-refractivity contribution is 7.18. The Kier molecular flexibility index (Phi) is 11.5. The Morgan fingerprint density at radius 3 is 2.38 bits per heavy atom. The Morgan fingerprint density at radius 1 is 0.952 bits per heavy atom. The van der Waals surface area contributed by atoms with Crippen molar-refractivity contribution in [1.82, 2.24) is 30.7 Å². The third-order valence-corrected chi connectivity index (χ3v) is 8.79. The van der Waals surface area contributed by atoms with Crippen molar-refractivity contribution < 1.29 is 14.4 Å². The molecule has 3 amide bonds. The van der Waals surface area contributed by atoms with E-state index in [4.69, 9.17) is 4.98 Å². The molecule has 4 rings (SSSR count). The van der Waals surface area contributed by atoms with Gasteiger partial charge in [0, 0.05) is 58.5 Å². The van der Waals surface area contributed by atoms with Crippen molar-refractivity contribution in [3.63, 3.8) is 0 Å². The van der Waals surface area contributed by atoms with Crippen LogP contribution in [0.2, 0.25) is 0 Å². The van der Waals surface area contributed by atoms with Gasteiger partial charge in [0.05, 0.1) is 21.3 Å². The summed E-state index contributed by atoms with van der Waals surface area (Å²) in [6, 6.07) is 15.0. The van der Waals surface area contributed by atoms with E-state index < -0.39 is 6.04 Å². The molecule has 3 aromatic rings. The van der Waals surface area contributed by atoms with E-state index in [1.54, 1.807) is 11.3 Å². The SMILES string of the molecule is CCc1ccc2nc(C[C@H](NC(C)=O)C(=O)NC(CNC(=O)C(C)CN3CCN(C)CC3)Cc3ccccc3)sc2c1. The van der Waals surface area contributed by atoms with Crippen LogP contribution in [0.15, 0.2) is 48.5 Å². The van der Waals surface area contributed by atoms with Gasteiger partial charge in [0.2, 0.25) is 17.7 Å². The van der Waals surface area contributed by atoms with Crippen molar-refractivity contribution in [3.05, 3.63) is 64.7 Å². The summed E-state index contributed by atoms with van der Waals surface area (Å²) in [6.45, 7) is 10.4. The van der Waals surface area contributed by atoms with Crippen LogP contribution >= 0.6 is 11.3 Å². The lowest BCUT2D eigenvalue weighted by molar-refractivity contribution is -0.129. The van der Waals surface area contributed by atoms with E-state index >= 15 is 0 Å². The Balaban J connectivity index is 1.42. The number of benzene rings is 2. The fraction of sp³-hybridized carbons (Fsp3) is 0.500. The van der Waals surface area contributed by atoms with Crippen LogP contribution in [-0.2, 0) is 33.6 Å². The van der Waals surface area contributed by atoms with Crippen molar-refractivity contribution in [1.29, 1.82) is 0 Å². The number of rotatable bonds is 13. The molecule has 1 aromatic heterocycles. The minimum atomic E-state index is -0.779. The minimum Gasteiger partial charge on any atom is -0.354 e. The van der Waals surface area contributed by atoms with Crippen molar-refractivity contribution >= 4 is 39.3 Å². The van der Waals surface area contributed by atoms with Crippen molar-refractivity contribution in [2.24, 2.45) is 5.92 Å². The first-order valence-electron chi connectivity index (χ1n) is 14.9. The normalized spacial score (nSPS) is 16.5. The van der Waals surface area contributed by atoms with Crippen molar-refractivity contribution in [2.75, 3.05) is 46.3 Å². The number of nitrogens with one attached hydrogen (secondary N) is 3. The van der Waals surface area contributed by atoms with Gasteiger partial charge in [-0.2, -0.15) is 0 Å². The van der Waals surface area contributed by atoms with Gasteiger partial charge in [-0.25, -0.2) is 4.98 Å². The molecule has 1 fully saturated rings. The van der Waals surface area contributed by atoms with E-state index in [2.05, 4.69) is 51.9 Å². The number of carbonyl (C=O) groups is 3. The van der Waals surface area contributed by atoms with Gasteiger partial charge in [0.25, 0.3) is 0 Å². The molecule has 0 spiro atoms. The first kappa shape index (κ1) is 31.6. The first-order chi connectivity index (χ1) is 20.2. The van der Waals surface area contributed by atoms with Crippen LogP contribution in [0, 0.1) is 5.92 Å². The van der Waals surface area contributed by atoms with Gasteiger partial charge in [-0.3, -0.25) is 14.4 Å². The number of piperazine rings is 1. The average Bonchev–Trinajstić information content (AvgIpc) is 3.38. The second-order valence-corrected chi connectivity index (χ2v) is 12.5. The van der Waals surface area contributed by atoms with Gasteiger partial charge in [0.15, 0.2) is 0 Å². The molecular formula is C32H44N6O3S. The Hall–Kier alpha value is -3.34. The number of likely N-dealkylation sites (N-methyl/N-ethyl adjacent to an activating group) is 1. The lowest BCUT2D eigenvalue weighted by atomic mass is 10.0. The van der Waals surface area contributed by atoms with Crippen molar-refractivity contribution in [2.45, 2.75) is 52.1 Å². The molecular weight excluding hydrogens is 548 g/mol. The quantitative estimate of drug-likeness (QED) is 0.282. The number of aromatic nitrogens is 1. The Labute approximate surface area is 253 Å². The zero-order valence-electron chi connectivity index (χ0n) is 25.2. The predicted octanol–water partition coefficient (Wildman–Crippen LogP) is 2.63. The minimum absolute atomic E-state index is 0.0272. The number of amides is 3. The lowest BCUT2D eigenvalue weighted by Crippen LogP contribution is -2.54. The van der Waals surface area contributed by atoms with Gasteiger partial charge in [0.1, 0.15) is 6.04 Å². The number of fused-ring (bicyclic) bond motifs is 1. The number of aryl methyl sites for hydroxylation is 1. The summed E-state index contributed by atoms with van der Waals surface area (Å²) >= 11 is 1.55. The van der Waals surface area contributed by atoms with E-state index in [1.165, 1.54) is 12.5 Å². The van der Waals surface area contributed by atoms with Gasteiger partial charge >= 0.3 is 0 Å². The van der Waals surface area contributed by atoms with Crippen LogP contribution in [0.4, 0.5) is 0 Å². The number of hydrogen-bond donors (Lipinski definition) is 3. The molecule has 10 heteroatoms. The smallest absolute Gasteiger partial charge is 0.243 e. The molecule has 0 saturated carbocycles. The molecule has 1 aliphatic rings. The molecule has 226 valence electrons. The van der Waals surface area contributed by atoms with Gasteiger partial charge < -0.3 is 25.8 Å². The van der Waals surface area contributed by atoms with E-state index in [0.29, 0.717) is 25.9 Å². The molecule has 2 unspecified atom stereocenters. The molecule has 3 N–H and O–H groups in total.